The molecule has 0 bridgehead atoms. The quantitative estimate of drug-likeness (QED) is 0.829. The first-order chi connectivity index (χ1) is 11.4. The van der Waals surface area contributed by atoms with Gasteiger partial charge in [0.15, 0.2) is 0 Å². The number of hydrogen-bond acceptors (Lipinski definition) is 3. The number of hydrogen-bond donors (Lipinski definition) is 1. The zero-order valence-electron chi connectivity index (χ0n) is 15.4. The summed E-state index contributed by atoms with van der Waals surface area (Å²) in [5, 5.41) is 0. The molecule has 2 rings (SSSR count). The largest absolute Gasteiger partial charge is 0.416 e. The Morgan fingerprint density at radius 2 is 1.92 bits per heavy atom. The number of amides is 1. The van der Waals surface area contributed by atoms with Gasteiger partial charge in [-0.05, 0) is 18.6 Å². The Hall–Kier alpha value is -1.31. The van der Waals surface area contributed by atoms with Crippen LogP contribution in [0.1, 0.15) is 38.3 Å². The lowest BCUT2D eigenvalue weighted by molar-refractivity contribution is -0.178. The zero-order valence-corrected chi connectivity index (χ0v) is 16.2. The number of nitrogens with zero attached hydrogens (tertiary/aromatic N) is 1. The minimum atomic E-state index is -4.46. The molecule has 2 unspecified atom stereocenters. The van der Waals surface area contributed by atoms with Crippen molar-refractivity contribution in [3.63, 3.8) is 0 Å². The number of halogens is 4. The van der Waals surface area contributed by atoms with Crippen molar-refractivity contribution in [2.75, 3.05) is 13.7 Å². The molecule has 2 N–H and O–H groups in total. The summed E-state index contributed by atoms with van der Waals surface area (Å²) in [6.07, 6.45) is -4.24. The second kappa shape index (κ2) is 7.74. The van der Waals surface area contributed by atoms with E-state index in [1.807, 2.05) is 20.8 Å². The third kappa shape index (κ3) is 3.85. The van der Waals surface area contributed by atoms with Crippen molar-refractivity contribution in [1.82, 2.24) is 4.90 Å². The minimum absolute atomic E-state index is 0. The van der Waals surface area contributed by atoms with Gasteiger partial charge < -0.3 is 15.4 Å². The average molecular weight is 395 g/mol. The first kappa shape index (κ1) is 22.7. The highest BCUT2D eigenvalue weighted by Gasteiger charge is 2.63. The molecule has 148 valence electrons. The Balaban J connectivity index is 0.00000338. The summed E-state index contributed by atoms with van der Waals surface area (Å²) in [6, 6.07) is 5.26. The molecule has 1 aromatic carbocycles. The Labute approximate surface area is 158 Å². The molecule has 2 atom stereocenters. The molecule has 0 heterocycles. The smallest absolute Gasteiger partial charge is 0.378 e. The second-order valence-corrected chi connectivity index (χ2v) is 7.16. The number of nitrogens with two attached hydrogens (primary N) is 1. The molecule has 1 aliphatic rings. The molecule has 1 aromatic rings. The van der Waals surface area contributed by atoms with Gasteiger partial charge in [0.1, 0.15) is 5.54 Å². The molecule has 0 aliphatic heterocycles. The molecule has 8 heteroatoms. The normalized spacial score (nSPS) is 24.4. The van der Waals surface area contributed by atoms with Crippen LogP contribution in [0.2, 0.25) is 0 Å². The fraction of sp³-hybridized carbons (Fsp3) is 0.611. The summed E-state index contributed by atoms with van der Waals surface area (Å²) in [5.74, 6) is -0.370. The lowest BCUT2D eigenvalue weighted by Gasteiger charge is -2.58. The zero-order chi connectivity index (χ0) is 19.0. The third-order valence-electron chi connectivity index (χ3n) is 5.29. The molecule has 1 saturated carbocycles. The van der Waals surface area contributed by atoms with Gasteiger partial charge in [0, 0.05) is 32.0 Å². The first-order valence-electron chi connectivity index (χ1n) is 8.26. The Kier molecular flexibility index (Phi) is 6.77. The van der Waals surface area contributed by atoms with E-state index in [0.717, 1.165) is 6.07 Å². The number of benzene rings is 1. The maximum atomic E-state index is 13.1. The lowest BCUT2D eigenvalue weighted by atomic mass is 9.54. The van der Waals surface area contributed by atoms with Crippen LogP contribution in [-0.4, -0.2) is 36.1 Å². The van der Waals surface area contributed by atoms with E-state index in [2.05, 4.69) is 0 Å². The SMILES string of the molecule is CCOC1CC(N)(C(=O)N(C)Cc2ccccc2C(F)(F)F)C1(C)C.Cl. The van der Waals surface area contributed by atoms with Gasteiger partial charge in [0.2, 0.25) is 5.91 Å². The highest BCUT2D eigenvalue weighted by molar-refractivity contribution is 5.88. The van der Waals surface area contributed by atoms with E-state index in [1.165, 1.54) is 30.1 Å². The molecule has 1 fully saturated rings. The van der Waals surface area contributed by atoms with Crippen LogP contribution in [0.5, 0.6) is 0 Å². The minimum Gasteiger partial charge on any atom is -0.378 e. The van der Waals surface area contributed by atoms with Crippen LogP contribution in [0, 0.1) is 5.41 Å². The van der Waals surface area contributed by atoms with Crippen molar-refractivity contribution in [1.29, 1.82) is 0 Å². The van der Waals surface area contributed by atoms with Crippen molar-refractivity contribution in [3.8, 4) is 0 Å². The summed E-state index contributed by atoms with van der Waals surface area (Å²) in [7, 11) is 1.48. The van der Waals surface area contributed by atoms with Crippen LogP contribution in [-0.2, 0) is 22.3 Å². The number of alkyl halides is 3. The van der Waals surface area contributed by atoms with Crippen LogP contribution in [0.25, 0.3) is 0 Å². The summed E-state index contributed by atoms with van der Waals surface area (Å²) < 4.78 is 45.0. The fourth-order valence-electron chi connectivity index (χ4n) is 3.40. The van der Waals surface area contributed by atoms with Gasteiger partial charge in [-0.2, -0.15) is 13.2 Å². The highest BCUT2D eigenvalue weighted by Crippen LogP contribution is 2.50. The summed E-state index contributed by atoms with van der Waals surface area (Å²) in [6.45, 7) is 5.95. The van der Waals surface area contributed by atoms with Gasteiger partial charge in [-0.15, -0.1) is 12.4 Å². The maximum absolute atomic E-state index is 13.1. The Morgan fingerprint density at radius 1 is 1.35 bits per heavy atom. The van der Waals surface area contributed by atoms with Crippen molar-refractivity contribution in [3.05, 3.63) is 35.4 Å². The van der Waals surface area contributed by atoms with Gasteiger partial charge >= 0.3 is 6.18 Å². The molecular weight excluding hydrogens is 369 g/mol. The monoisotopic (exact) mass is 394 g/mol. The second-order valence-electron chi connectivity index (χ2n) is 7.16. The maximum Gasteiger partial charge on any atom is 0.416 e. The van der Waals surface area contributed by atoms with Crippen LogP contribution in [0.3, 0.4) is 0 Å². The predicted molar refractivity (Wildman–Crippen MR) is 95.9 cm³/mol. The van der Waals surface area contributed by atoms with Crippen molar-refractivity contribution in [2.45, 2.75) is 51.6 Å². The molecule has 1 amide bonds. The van der Waals surface area contributed by atoms with E-state index >= 15 is 0 Å². The number of likely N-dealkylation sites (N-methyl/N-ethyl adjacent to an activating group) is 1. The predicted octanol–water partition coefficient (Wildman–Crippen LogP) is 3.62. The van der Waals surface area contributed by atoms with Crippen LogP contribution in [0.4, 0.5) is 13.2 Å². The van der Waals surface area contributed by atoms with Crippen molar-refractivity contribution < 1.29 is 22.7 Å². The molecule has 0 saturated heterocycles. The molecular formula is C18H26ClF3N2O2. The van der Waals surface area contributed by atoms with E-state index in [1.54, 1.807) is 0 Å². The summed E-state index contributed by atoms with van der Waals surface area (Å²) in [5.41, 5.74) is 3.91. The van der Waals surface area contributed by atoms with Gasteiger partial charge in [-0.1, -0.05) is 32.0 Å². The summed E-state index contributed by atoms with van der Waals surface area (Å²) in [4.78, 5) is 14.1. The van der Waals surface area contributed by atoms with Gasteiger partial charge in [0.25, 0.3) is 0 Å². The van der Waals surface area contributed by atoms with Crippen LogP contribution < -0.4 is 5.73 Å². The van der Waals surface area contributed by atoms with E-state index < -0.39 is 22.7 Å². The Bertz CT molecular complexity index is 652. The number of carbonyl (C=O) groups excluding carboxylic acids is 1. The number of ether oxygens (including phenoxy) is 1. The van der Waals surface area contributed by atoms with Crippen molar-refractivity contribution in [2.24, 2.45) is 11.1 Å². The van der Waals surface area contributed by atoms with Crippen LogP contribution in [0.15, 0.2) is 24.3 Å². The molecule has 1 aliphatic carbocycles. The molecule has 4 nitrogen and oxygen atoms in total. The fourth-order valence-corrected chi connectivity index (χ4v) is 3.40. The van der Waals surface area contributed by atoms with E-state index in [0.29, 0.717) is 13.0 Å². The van der Waals surface area contributed by atoms with Gasteiger partial charge in [-0.25, -0.2) is 0 Å². The molecule has 0 spiro atoms. The highest BCUT2D eigenvalue weighted by atomic mass is 35.5. The van der Waals surface area contributed by atoms with E-state index in [9.17, 15) is 18.0 Å². The van der Waals surface area contributed by atoms with Crippen LogP contribution >= 0.6 is 12.4 Å². The summed E-state index contributed by atoms with van der Waals surface area (Å²) >= 11 is 0. The van der Waals surface area contributed by atoms with E-state index in [4.69, 9.17) is 10.5 Å². The molecule has 26 heavy (non-hydrogen) atoms. The standard InChI is InChI=1S/C18H25F3N2O2.ClH/c1-5-25-14-10-17(22,16(14,2)3)15(24)23(4)11-12-8-6-7-9-13(12)18(19,20)21;/h6-9,14H,5,10-11,22H2,1-4H3;1H. The first-order valence-corrected chi connectivity index (χ1v) is 8.26. The topological polar surface area (TPSA) is 55.6 Å². The Morgan fingerprint density at radius 3 is 2.42 bits per heavy atom. The average Bonchev–Trinajstić information content (AvgIpc) is 2.53. The number of carbonyl (C=O) groups is 1. The lowest BCUT2D eigenvalue weighted by Crippen LogP contribution is -2.75. The molecule has 0 aromatic heterocycles. The van der Waals surface area contributed by atoms with Crippen molar-refractivity contribution >= 4 is 18.3 Å². The third-order valence-corrected chi connectivity index (χ3v) is 5.29. The van der Waals surface area contributed by atoms with E-state index in [-0.39, 0.29) is 36.5 Å². The van der Waals surface area contributed by atoms with Gasteiger partial charge in [0.05, 0.1) is 11.7 Å². The molecule has 0 radical (unpaired) electrons. The number of rotatable bonds is 5. The van der Waals surface area contributed by atoms with Gasteiger partial charge in [-0.3, -0.25) is 4.79 Å².